The molecule has 0 amide bonds. The largest absolute Gasteiger partial charge is 0.507 e. The van der Waals surface area contributed by atoms with Crippen molar-refractivity contribution in [2.75, 3.05) is 0 Å². The first kappa shape index (κ1) is 10.3. The molecule has 4 heteroatoms. The van der Waals surface area contributed by atoms with E-state index in [4.69, 9.17) is 4.42 Å². The summed E-state index contributed by atoms with van der Waals surface area (Å²) >= 11 is 0. The predicted octanol–water partition coefficient (Wildman–Crippen LogP) is 1.12. The van der Waals surface area contributed by atoms with Crippen molar-refractivity contribution in [1.82, 2.24) is 0 Å². The van der Waals surface area contributed by atoms with Gasteiger partial charge in [-0.25, -0.2) is 4.79 Å². The smallest absolute Gasteiger partial charge is 0.339 e. The van der Waals surface area contributed by atoms with Gasteiger partial charge in [-0.2, -0.15) is 0 Å². The third kappa shape index (κ3) is 1.94. The summed E-state index contributed by atoms with van der Waals surface area (Å²) in [5.41, 5.74) is -0.131. The van der Waals surface area contributed by atoms with Crippen LogP contribution in [0.1, 0.15) is 0 Å². The number of rotatable bonds is 0. The normalized spacial score (nSPS) is 9.54. The van der Waals surface area contributed by atoms with Crippen molar-refractivity contribution in [1.29, 1.82) is 0 Å². The Morgan fingerprint density at radius 1 is 1.23 bits per heavy atom. The number of hydrogen-bond donors (Lipinski definition) is 1. The van der Waals surface area contributed by atoms with Crippen molar-refractivity contribution < 1.29 is 9.52 Å². The van der Waals surface area contributed by atoms with E-state index in [-0.39, 0.29) is 35.3 Å². The first-order valence-corrected chi connectivity index (χ1v) is 3.49. The molecule has 2 aromatic rings. The summed E-state index contributed by atoms with van der Waals surface area (Å²) in [5, 5.41) is 9.84. The number of para-hydroxylation sites is 1. The second kappa shape index (κ2) is 3.96. The van der Waals surface area contributed by atoms with E-state index in [1.807, 2.05) is 0 Å². The molecule has 1 aromatic carbocycles. The van der Waals surface area contributed by atoms with Crippen molar-refractivity contribution in [2.24, 2.45) is 0 Å². The molecular weight excluding hydrogens is 179 g/mol. The van der Waals surface area contributed by atoms with Crippen LogP contribution in [0.2, 0.25) is 0 Å². The maximum atomic E-state index is 10.8. The molecule has 0 bridgehead atoms. The van der Waals surface area contributed by atoms with E-state index >= 15 is 0 Å². The second-order valence-corrected chi connectivity index (χ2v) is 2.45. The van der Waals surface area contributed by atoms with E-state index in [0.717, 1.165) is 6.07 Å². The first-order valence-electron chi connectivity index (χ1n) is 3.49. The molecule has 2 rings (SSSR count). The van der Waals surface area contributed by atoms with Crippen LogP contribution in [0.25, 0.3) is 11.0 Å². The fourth-order valence-corrected chi connectivity index (χ4v) is 1.09. The molecular formula is C9H6NaO3. The van der Waals surface area contributed by atoms with E-state index in [2.05, 4.69) is 0 Å². The zero-order valence-corrected chi connectivity index (χ0v) is 9.15. The average molecular weight is 185 g/mol. The average Bonchev–Trinajstić information content (AvgIpc) is 2.04. The van der Waals surface area contributed by atoms with Gasteiger partial charge >= 0.3 is 5.63 Å². The summed E-state index contributed by atoms with van der Waals surface area (Å²) in [6, 6.07) is 7.89. The molecule has 0 aliphatic heterocycles. The van der Waals surface area contributed by atoms with Crippen LogP contribution >= 0.6 is 0 Å². The molecule has 0 atom stereocenters. The summed E-state index contributed by atoms with van der Waals surface area (Å²) in [4.78, 5) is 10.8. The number of hydrogen-bond acceptors (Lipinski definition) is 3. The summed E-state index contributed by atoms with van der Waals surface area (Å²) in [5.74, 6) is -0.0400. The van der Waals surface area contributed by atoms with Crippen molar-refractivity contribution >= 4 is 40.5 Å². The molecule has 61 valence electrons. The summed E-state index contributed by atoms with van der Waals surface area (Å²) in [6.45, 7) is 0. The number of fused-ring (bicyclic) bond motifs is 1. The SMILES string of the molecule is O=c1cc(O)c2ccccc2o1.[Na]. The van der Waals surface area contributed by atoms with Crippen molar-refractivity contribution in [3.05, 3.63) is 40.8 Å². The predicted molar refractivity (Wildman–Crippen MR) is 49.9 cm³/mol. The van der Waals surface area contributed by atoms with Crippen LogP contribution in [0, 0.1) is 0 Å². The monoisotopic (exact) mass is 185 g/mol. The van der Waals surface area contributed by atoms with Crippen LogP contribution in [0.4, 0.5) is 0 Å². The molecule has 1 N–H and O–H groups in total. The van der Waals surface area contributed by atoms with Gasteiger partial charge in [0.05, 0.1) is 11.5 Å². The van der Waals surface area contributed by atoms with E-state index in [0.29, 0.717) is 11.0 Å². The maximum Gasteiger partial charge on any atom is 0.339 e. The minimum atomic E-state index is -0.536. The summed E-state index contributed by atoms with van der Waals surface area (Å²) in [6.07, 6.45) is 0. The molecule has 0 fully saturated rings. The molecule has 1 radical (unpaired) electrons. The minimum absolute atomic E-state index is 0. The summed E-state index contributed by atoms with van der Waals surface area (Å²) < 4.78 is 4.83. The molecule has 0 aliphatic rings. The number of aromatic hydroxyl groups is 1. The van der Waals surface area contributed by atoms with Crippen LogP contribution < -0.4 is 5.63 Å². The fourth-order valence-electron chi connectivity index (χ4n) is 1.09. The Kier molecular flexibility index (Phi) is 3.14. The molecule has 0 saturated carbocycles. The molecule has 3 nitrogen and oxygen atoms in total. The van der Waals surface area contributed by atoms with Gasteiger partial charge in [-0.05, 0) is 12.1 Å². The molecule has 1 aromatic heterocycles. The van der Waals surface area contributed by atoms with Crippen molar-refractivity contribution in [3.8, 4) is 5.75 Å². The van der Waals surface area contributed by atoms with Gasteiger partial charge in [-0.1, -0.05) is 12.1 Å². The van der Waals surface area contributed by atoms with Crippen molar-refractivity contribution in [3.63, 3.8) is 0 Å². The zero-order chi connectivity index (χ0) is 8.55. The van der Waals surface area contributed by atoms with E-state index in [9.17, 15) is 9.90 Å². The fraction of sp³-hybridized carbons (Fsp3) is 0. The molecule has 13 heavy (non-hydrogen) atoms. The third-order valence-corrected chi connectivity index (χ3v) is 1.63. The third-order valence-electron chi connectivity index (χ3n) is 1.63. The standard InChI is InChI=1S/C9H6O3.Na/c10-7-5-9(11)12-8-4-2-1-3-6(7)8;/h1-5,10H;. The van der Waals surface area contributed by atoms with Gasteiger partial charge in [0, 0.05) is 29.6 Å². The first-order chi connectivity index (χ1) is 5.77. The van der Waals surface area contributed by atoms with Gasteiger partial charge in [0.25, 0.3) is 0 Å². The molecule has 0 spiro atoms. The van der Waals surface area contributed by atoms with Gasteiger partial charge in [0.15, 0.2) is 0 Å². The Bertz CT molecular complexity index is 475. The van der Waals surface area contributed by atoms with Gasteiger partial charge < -0.3 is 9.52 Å². The zero-order valence-electron chi connectivity index (χ0n) is 7.15. The van der Waals surface area contributed by atoms with E-state index < -0.39 is 5.63 Å². The van der Waals surface area contributed by atoms with E-state index in [1.54, 1.807) is 24.3 Å². The Hall–Kier alpha value is -0.770. The van der Waals surface area contributed by atoms with Crippen LogP contribution in [0.5, 0.6) is 5.75 Å². The second-order valence-electron chi connectivity index (χ2n) is 2.45. The Morgan fingerprint density at radius 3 is 2.69 bits per heavy atom. The van der Waals surface area contributed by atoms with Crippen LogP contribution in [0.3, 0.4) is 0 Å². The van der Waals surface area contributed by atoms with Gasteiger partial charge in [0.1, 0.15) is 11.3 Å². The van der Waals surface area contributed by atoms with Crippen molar-refractivity contribution in [2.45, 2.75) is 0 Å². The minimum Gasteiger partial charge on any atom is -0.507 e. The topological polar surface area (TPSA) is 50.4 Å². The van der Waals surface area contributed by atoms with E-state index in [1.165, 1.54) is 0 Å². The Balaban J connectivity index is 0.000000845. The van der Waals surface area contributed by atoms with Crippen LogP contribution in [-0.4, -0.2) is 34.7 Å². The molecule has 1 heterocycles. The quantitative estimate of drug-likeness (QED) is 0.494. The molecule has 0 aliphatic carbocycles. The Labute approximate surface area is 96.3 Å². The maximum absolute atomic E-state index is 10.8. The molecule has 0 unspecified atom stereocenters. The number of benzene rings is 1. The summed E-state index contributed by atoms with van der Waals surface area (Å²) in [7, 11) is 0. The van der Waals surface area contributed by atoms with Gasteiger partial charge in [0.2, 0.25) is 0 Å². The van der Waals surface area contributed by atoms with Crippen LogP contribution in [0.15, 0.2) is 39.5 Å². The van der Waals surface area contributed by atoms with Gasteiger partial charge in [-0.15, -0.1) is 0 Å². The Morgan fingerprint density at radius 2 is 1.92 bits per heavy atom. The molecule has 0 saturated heterocycles. The van der Waals surface area contributed by atoms with Crippen LogP contribution in [-0.2, 0) is 0 Å². The van der Waals surface area contributed by atoms with Gasteiger partial charge in [-0.3, -0.25) is 0 Å².